The minimum absolute atomic E-state index is 0.288. The first-order valence-corrected chi connectivity index (χ1v) is 5.44. The van der Waals surface area contributed by atoms with E-state index in [0.717, 1.165) is 18.7 Å². The lowest BCUT2D eigenvalue weighted by Gasteiger charge is -2.09. The molecule has 1 aromatic rings. The highest BCUT2D eigenvalue weighted by atomic mass is 19.4. The Labute approximate surface area is 97.0 Å². The minimum Gasteiger partial charge on any atom is -0.404 e. The highest BCUT2D eigenvalue weighted by molar-refractivity contribution is 5.20. The van der Waals surface area contributed by atoms with Crippen molar-refractivity contribution in [1.29, 1.82) is 0 Å². The second-order valence-corrected chi connectivity index (χ2v) is 4.11. The molecule has 0 aromatic carbocycles. The molecule has 0 aliphatic heterocycles. The van der Waals surface area contributed by atoms with Crippen LogP contribution in [0.25, 0.3) is 0 Å². The van der Waals surface area contributed by atoms with Crippen molar-refractivity contribution in [2.45, 2.75) is 25.7 Å². The van der Waals surface area contributed by atoms with E-state index in [0.29, 0.717) is 12.2 Å². The van der Waals surface area contributed by atoms with Crippen LogP contribution in [0.4, 0.5) is 13.2 Å². The van der Waals surface area contributed by atoms with Gasteiger partial charge in [-0.25, -0.2) is 0 Å². The van der Waals surface area contributed by atoms with Crippen molar-refractivity contribution in [2.75, 3.05) is 6.54 Å². The third-order valence-corrected chi connectivity index (χ3v) is 2.47. The van der Waals surface area contributed by atoms with E-state index in [1.807, 2.05) is 0 Å². The molecule has 17 heavy (non-hydrogen) atoms. The van der Waals surface area contributed by atoms with Crippen LogP contribution in [-0.4, -0.2) is 17.9 Å². The fourth-order valence-corrected chi connectivity index (χ4v) is 1.44. The molecule has 2 rings (SSSR count). The SMILES string of the molecule is FC(F)(F)Oc1ccc(CNCC2CC2)nc1. The molecule has 1 aliphatic carbocycles. The van der Waals surface area contributed by atoms with Gasteiger partial charge in [-0.05, 0) is 37.4 Å². The number of nitrogens with zero attached hydrogens (tertiary/aromatic N) is 1. The number of halogens is 3. The number of aromatic nitrogens is 1. The molecule has 1 N–H and O–H groups in total. The number of ether oxygens (including phenoxy) is 1. The molecule has 0 spiro atoms. The molecule has 0 amide bonds. The van der Waals surface area contributed by atoms with Crippen LogP contribution in [0.5, 0.6) is 5.75 Å². The van der Waals surface area contributed by atoms with Gasteiger partial charge in [-0.1, -0.05) is 0 Å². The van der Waals surface area contributed by atoms with Crippen LogP contribution in [-0.2, 0) is 6.54 Å². The summed E-state index contributed by atoms with van der Waals surface area (Å²) in [5.74, 6) is 0.478. The van der Waals surface area contributed by atoms with Crippen molar-refractivity contribution in [2.24, 2.45) is 5.92 Å². The Morgan fingerprint density at radius 3 is 2.65 bits per heavy atom. The smallest absolute Gasteiger partial charge is 0.404 e. The van der Waals surface area contributed by atoms with Crippen LogP contribution >= 0.6 is 0 Å². The molecule has 1 fully saturated rings. The number of nitrogens with one attached hydrogen (secondary N) is 1. The van der Waals surface area contributed by atoms with E-state index in [-0.39, 0.29) is 5.75 Å². The Kier molecular flexibility index (Phi) is 3.51. The minimum atomic E-state index is -4.66. The van der Waals surface area contributed by atoms with Crippen LogP contribution in [0.3, 0.4) is 0 Å². The molecule has 3 nitrogen and oxygen atoms in total. The Bertz CT molecular complexity index is 360. The van der Waals surface area contributed by atoms with Crippen molar-refractivity contribution in [1.82, 2.24) is 10.3 Å². The largest absolute Gasteiger partial charge is 0.573 e. The summed E-state index contributed by atoms with van der Waals surface area (Å²) < 4.78 is 39.4. The second-order valence-electron chi connectivity index (χ2n) is 4.11. The standard InChI is InChI=1S/C11H13F3N2O/c12-11(13,14)17-10-4-3-9(16-7-10)6-15-5-8-1-2-8/h3-4,7-8,15H,1-2,5-6H2. The summed E-state index contributed by atoms with van der Waals surface area (Å²) in [7, 11) is 0. The van der Waals surface area contributed by atoms with Crippen molar-refractivity contribution >= 4 is 0 Å². The molecule has 0 radical (unpaired) electrons. The number of hydrogen-bond donors (Lipinski definition) is 1. The summed E-state index contributed by atoms with van der Waals surface area (Å²) in [6.45, 7) is 1.52. The van der Waals surface area contributed by atoms with E-state index in [9.17, 15) is 13.2 Å². The third kappa shape index (κ3) is 4.60. The van der Waals surface area contributed by atoms with Gasteiger partial charge < -0.3 is 10.1 Å². The molecule has 1 heterocycles. The molecule has 1 saturated carbocycles. The van der Waals surface area contributed by atoms with Gasteiger partial charge in [-0.3, -0.25) is 4.98 Å². The molecular formula is C11H13F3N2O. The average molecular weight is 246 g/mol. The van der Waals surface area contributed by atoms with E-state index in [1.165, 1.54) is 25.0 Å². The molecule has 6 heteroatoms. The Morgan fingerprint density at radius 1 is 1.35 bits per heavy atom. The lowest BCUT2D eigenvalue weighted by atomic mass is 10.3. The first-order valence-electron chi connectivity index (χ1n) is 5.44. The average Bonchev–Trinajstić information content (AvgIpc) is 3.02. The van der Waals surface area contributed by atoms with E-state index in [2.05, 4.69) is 15.0 Å². The maximum absolute atomic E-state index is 11.9. The maximum Gasteiger partial charge on any atom is 0.573 e. The summed E-state index contributed by atoms with van der Waals surface area (Å²) in [5, 5.41) is 3.21. The number of alkyl halides is 3. The van der Waals surface area contributed by atoms with Gasteiger partial charge in [0.1, 0.15) is 5.75 Å². The van der Waals surface area contributed by atoms with Crippen molar-refractivity contribution in [3.8, 4) is 5.75 Å². The topological polar surface area (TPSA) is 34.1 Å². The zero-order chi connectivity index (χ0) is 12.3. The Balaban J connectivity index is 1.79. The second kappa shape index (κ2) is 4.91. The highest BCUT2D eigenvalue weighted by Crippen LogP contribution is 2.27. The van der Waals surface area contributed by atoms with Crippen molar-refractivity contribution in [3.05, 3.63) is 24.0 Å². The zero-order valence-corrected chi connectivity index (χ0v) is 9.13. The molecule has 94 valence electrons. The monoisotopic (exact) mass is 246 g/mol. The third-order valence-electron chi connectivity index (χ3n) is 2.47. The van der Waals surface area contributed by atoms with E-state index >= 15 is 0 Å². The molecule has 1 aliphatic rings. The summed E-state index contributed by atoms with van der Waals surface area (Å²) in [6, 6.07) is 2.80. The van der Waals surface area contributed by atoms with E-state index in [1.54, 1.807) is 0 Å². The molecule has 0 unspecified atom stereocenters. The van der Waals surface area contributed by atoms with Crippen LogP contribution in [0.1, 0.15) is 18.5 Å². The van der Waals surface area contributed by atoms with Gasteiger partial charge in [0.2, 0.25) is 0 Å². The first kappa shape index (κ1) is 12.2. The van der Waals surface area contributed by atoms with Gasteiger partial charge in [0.15, 0.2) is 0 Å². The van der Waals surface area contributed by atoms with E-state index < -0.39 is 6.36 Å². The highest BCUT2D eigenvalue weighted by Gasteiger charge is 2.31. The van der Waals surface area contributed by atoms with Gasteiger partial charge in [0.05, 0.1) is 11.9 Å². The number of pyridine rings is 1. The molecule has 1 aromatic heterocycles. The maximum atomic E-state index is 11.9. The van der Waals surface area contributed by atoms with Gasteiger partial charge in [0, 0.05) is 6.54 Å². The van der Waals surface area contributed by atoms with Gasteiger partial charge in [0.25, 0.3) is 0 Å². The van der Waals surface area contributed by atoms with Gasteiger partial charge >= 0.3 is 6.36 Å². The van der Waals surface area contributed by atoms with E-state index in [4.69, 9.17) is 0 Å². The number of hydrogen-bond acceptors (Lipinski definition) is 3. The molecule has 0 saturated heterocycles. The summed E-state index contributed by atoms with van der Waals surface area (Å²) in [5.41, 5.74) is 0.708. The normalized spacial score (nSPS) is 15.9. The lowest BCUT2D eigenvalue weighted by Crippen LogP contribution is -2.18. The van der Waals surface area contributed by atoms with Crippen LogP contribution in [0.2, 0.25) is 0 Å². The van der Waals surface area contributed by atoms with Crippen LogP contribution in [0, 0.1) is 5.92 Å². The summed E-state index contributed by atoms with van der Waals surface area (Å²) >= 11 is 0. The molecular weight excluding hydrogens is 233 g/mol. The Morgan fingerprint density at radius 2 is 2.12 bits per heavy atom. The molecule has 0 atom stereocenters. The van der Waals surface area contributed by atoms with Crippen molar-refractivity contribution in [3.63, 3.8) is 0 Å². The van der Waals surface area contributed by atoms with Gasteiger partial charge in [-0.15, -0.1) is 13.2 Å². The molecule has 0 bridgehead atoms. The predicted molar refractivity (Wildman–Crippen MR) is 55.4 cm³/mol. The first-order chi connectivity index (χ1) is 8.03. The summed E-state index contributed by atoms with van der Waals surface area (Å²) in [6.07, 6.45) is -1.05. The Hall–Kier alpha value is -1.30. The zero-order valence-electron chi connectivity index (χ0n) is 9.13. The summed E-state index contributed by atoms with van der Waals surface area (Å²) in [4.78, 5) is 3.89. The quantitative estimate of drug-likeness (QED) is 0.866. The lowest BCUT2D eigenvalue weighted by molar-refractivity contribution is -0.274. The van der Waals surface area contributed by atoms with Crippen LogP contribution < -0.4 is 10.1 Å². The fourth-order valence-electron chi connectivity index (χ4n) is 1.44. The number of rotatable bonds is 5. The fraction of sp³-hybridized carbons (Fsp3) is 0.545. The van der Waals surface area contributed by atoms with Crippen molar-refractivity contribution < 1.29 is 17.9 Å². The van der Waals surface area contributed by atoms with Crippen LogP contribution in [0.15, 0.2) is 18.3 Å². The van der Waals surface area contributed by atoms with Gasteiger partial charge in [-0.2, -0.15) is 0 Å². The predicted octanol–water partition coefficient (Wildman–Crippen LogP) is 2.48.